The van der Waals surface area contributed by atoms with Crippen molar-refractivity contribution in [1.29, 1.82) is 0 Å². The van der Waals surface area contributed by atoms with Crippen molar-refractivity contribution in [1.82, 2.24) is 4.98 Å². The van der Waals surface area contributed by atoms with Gasteiger partial charge in [0.25, 0.3) is 0 Å². The van der Waals surface area contributed by atoms with Crippen LogP contribution in [-0.4, -0.2) is 28.8 Å². The van der Waals surface area contributed by atoms with Crippen LogP contribution in [0.2, 0.25) is 5.02 Å². The third-order valence-corrected chi connectivity index (χ3v) is 6.02. The van der Waals surface area contributed by atoms with Gasteiger partial charge < -0.3 is 14.6 Å². The van der Waals surface area contributed by atoms with Crippen LogP contribution in [0, 0.1) is 20.8 Å². The van der Waals surface area contributed by atoms with Crippen LogP contribution < -0.4 is 0 Å². The molecule has 0 amide bonds. The zero-order valence-corrected chi connectivity index (χ0v) is 21.6. The molecular weight excluding hydrogens is 450 g/mol. The molecule has 0 aliphatic carbocycles. The number of aliphatic hydroxyl groups is 1. The summed E-state index contributed by atoms with van der Waals surface area (Å²) in [5.41, 5.74) is 6.68. The van der Waals surface area contributed by atoms with Crippen LogP contribution in [0.4, 0.5) is 0 Å². The number of pyridine rings is 1. The first kappa shape index (κ1) is 25.9. The lowest BCUT2D eigenvalue weighted by Gasteiger charge is -2.30. The van der Waals surface area contributed by atoms with Gasteiger partial charge in [0, 0.05) is 16.1 Å². The first-order valence-corrected chi connectivity index (χ1v) is 11.6. The average molecular weight is 482 g/mol. The second-order valence-corrected chi connectivity index (χ2v) is 9.85. The molecule has 1 atom stereocenters. The van der Waals surface area contributed by atoms with E-state index in [1.54, 1.807) is 12.1 Å². The Morgan fingerprint density at radius 2 is 1.65 bits per heavy atom. The summed E-state index contributed by atoms with van der Waals surface area (Å²) < 4.78 is 11.3. The van der Waals surface area contributed by atoms with Crippen LogP contribution in [-0.2, 0) is 20.9 Å². The topological polar surface area (TPSA) is 68.7 Å². The van der Waals surface area contributed by atoms with Gasteiger partial charge in [-0.25, -0.2) is 9.78 Å². The quantitative estimate of drug-likeness (QED) is 0.406. The Morgan fingerprint density at radius 3 is 2.18 bits per heavy atom. The molecule has 0 unspecified atom stereocenters. The van der Waals surface area contributed by atoms with E-state index in [9.17, 15) is 9.90 Å². The number of ether oxygens (including phenoxy) is 2. The average Bonchev–Trinajstić information content (AvgIpc) is 2.78. The standard InChI is InChI=1S/C28H32ClNO4/c1-16-8-9-20(14-17(16)2)25-18(3)23(19-10-12-21(29)13-11-19)24(22(15-31)30-25)26(27(32)33-7)34-28(4,5)6/h8-14,26,31H,15H2,1-7H3/t26-/m0/s1. The molecule has 34 heavy (non-hydrogen) atoms. The second-order valence-electron chi connectivity index (χ2n) is 9.42. The summed E-state index contributed by atoms with van der Waals surface area (Å²) in [5.74, 6) is -0.556. The highest BCUT2D eigenvalue weighted by Gasteiger charge is 2.34. The van der Waals surface area contributed by atoms with E-state index >= 15 is 0 Å². The number of halogens is 1. The molecule has 0 aliphatic rings. The molecule has 5 nitrogen and oxygen atoms in total. The van der Waals surface area contributed by atoms with Crippen LogP contribution in [0.1, 0.15) is 54.8 Å². The molecule has 3 rings (SSSR count). The number of aliphatic hydroxyl groups excluding tert-OH is 1. The fourth-order valence-corrected chi connectivity index (χ4v) is 4.12. The van der Waals surface area contributed by atoms with Crippen LogP contribution in [0.15, 0.2) is 42.5 Å². The molecular formula is C28H32ClNO4. The lowest BCUT2D eigenvalue weighted by Crippen LogP contribution is -2.30. The number of aromatic nitrogens is 1. The maximum absolute atomic E-state index is 13.0. The summed E-state index contributed by atoms with van der Waals surface area (Å²) >= 11 is 6.17. The summed E-state index contributed by atoms with van der Waals surface area (Å²) in [7, 11) is 1.33. The Labute approximate surface area is 206 Å². The number of esters is 1. The SMILES string of the molecule is COC(=O)[C@@H](OC(C)(C)C)c1c(CO)nc(-c2ccc(C)c(C)c2)c(C)c1-c1ccc(Cl)cc1. The molecule has 2 aromatic carbocycles. The summed E-state index contributed by atoms with van der Waals surface area (Å²) in [5, 5.41) is 11.0. The predicted molar refractivity (Wildman–Crippen MR) is 136 cm³/mol. The first-order valence-electron chi connectivity index (χ1n) is 11.2. The van der Waals surface area contributed by atoms with Gasteiger partial charge in [-0.3, -0.25) is 0 Å². The number of rotatable bonds is 6. The molecule has 3 aromatic rings. The highest BCUT2D eigenvalue weighted by atomic mass is 35.5. The van der Waals surface area contributed by atoms with E-state index in [2.05, 4.69) is 26.0 Å². The van der Waals surface area contributed by atoms with Gasteiger partial charge in [-0.2, -0.15) is 0 Å². The first-order chi connectivity index (χ1) is 16.0. The number of carbonyl (C=O) groups excluding carboxylic acids is 1. The molecule has 0 spiro atoms. The Hall–Kier alpha value is -2.73. The van der Waals surface area contributed by atoms with E-state index in [1.807, 2.05) is 45.9 Å². The maximum Gasteiger partial charge on any atom is 0.339 e. The third kappa shape index (κ3) is 5.49. The minimum atomic E-state index is -1.07. The van der Waals surface area contributed by atoms with Crippen molar-refractivity contribution in [2.45, 2.75) is 59.9 Å². The molecule has 0 bridgehead atoms. The molecule has 1 heterocycles. The Morgan fingerprint density at radius 1 is 1.03 bits per heavy atom. The van der Waals surface area contributed by atoms with Crippen LogP contribution in [0.3, 0.4) is 0 Å². The number of benzene rings is 2. The normalized spacial score (nSPS) is 12.5. The van der Waals surface area contributed by atoms with Crippen molar-refractivity contribution in [2.75, 3.05) is 7.11 Å². The number of hydrogen-bond donors (Lipinski definition) is 1. The van der Waals surface area contributed by atoms with Crippen LogP contribution in [0.25, 0.3) is 22.4 Å². The van der Waals surface area contributed by atoms with Gasteiger partial charge in [0.05, 0.1) is 30.7 Å². The van der Waals surface area contributed by atoms with E-state index in [0.29, 0.717) is 16.3 Å². The number of carbonyl (C=O) groups is 1. The van der Waals surface area contributed by atoms with Gasteiger partial charge in [0.2, 0.25) is 0 Å². The zero-order chi connectivity index (χ0) is 25.2. The minimum absolute atomic E-state index is 0.364. The van der Waals surface area contributed by atoms with Gasteiger partial charge in [0.1, 0.15) is 0 Å². The van der Waals surface area contributed by atoms with E-state index in [0.717, 1.165) is 33.5 Å². The number of nitrogens with zero attached hydrogens (tertiary/aromatic N) is 1. The Bertz CT molecular complexity index is 1200. The fourth-order valence-electron chi connectivity index (χ4n) is 3.99. The predicted octanol–water partition coefficient (Wildman–Crippen LogP) is 6.52. The number of hydrogen-bond acceptors (Lipinski definition) is 5. The van der Waals surface area contributed by atoms with E-state index in [-0.39, 0.29) is 6.61 Å². The molecule has 0 radical (unpaired) electrons. The highest BCUT2D eigenvalue weighted by Crippen LogP contribution is 2.41. The van der Waals surface area contributed by atoms with Gasteiger partial charge in [-0.1, -0.05) is 35.9 Å². The van der Waals surface area contributed by atoms with Crippen molar-refractivity contribution >= 4 is 17.6 Å². The molecule has 1 N–H and O–H groups in total. The van der Waals surface area contributed by atoms with E-state index in [4.69, 9.17) is 26.1 Å². The maximum atomic E-state index is 13.0. The monoisotopic (exact) mass is 481 g/mol. The Balaban J connectivity index is 2.41. The molecule has 1 aromatic heterocycles. The largest absolute Gasteiger partial charge is 0.467 e. The van der Waals surface area contributed by atoms with Crippen LogP contribution in [0.5, 0.6) is 0 Å². The highest BCUT2D eigenvalue weighted by molar-refractivity contribution is 6.30. The van der Waals surface area contributed by atoms with Gasteiger partial charge in [-0.15, -0.1) is 0 Å². The summed E-state index contributed by atoms with van der Waals surface area (Å²) in [6, 6.07) is 13.5. The molecule has 0 saturated carbocycles. The summed E-state index contributed by atoms with van der Waals surface area (Å²) in [4.78, 5) is 17.8. The molecule has 0 fully saturated rings. The molecule has 0 saturated heterocycles. The van der Waals surface area contributed by atoms with Crippen molar-refractivity contribution in [3.05, 3.63) is 75.4 Å². The van der Waals surface area contributed by atoms with Crippen molar-refractivity contribution in [3.8, 4) is 22.4 Å². The van der Waals surface area contributed by atoms with Crippen molar-refractivity contribution in [3.63, 3.8) is 0 Å². The van der Waals surface area contributed by atoms with Gasteiger partial charge >= 0.3 is 5.97 Å². The fraction of sp³-hybridized carbons (Fsp3) is 0.357. The van der Waals surface area contributed by atoms with Gasteiger partial charge in [-0.05, 0) is 87.6 Å². The van der Waals surface area contributed by atoms with Crippen LogP contribution >= 0.6 is 11.6 Å². The Kier molecular flexibility index (Phi) is 7.81. The minimum Gasteiger partial charge on any atom is -0.467 e. The third-order valence-electron chi connectivity index (χ3n) is 5.77. The van der Waals surface area contributed by atoms with Crippen molar-refractivity contribution in [2.24, 2.45) is 0 Å². The smallest absolute Gasteiger partial charge is 0.339 e. The lowest BCUT2D eigenvalue weighted by atomic mass is 9.88. The lowest BCUT2D eigenvalue weighted by molar-refractivity contribution is -0.164. The van der Waals surface area contributed by atoms with Gasteiger partial charge in [0.15, 0.2) is 6.10 Å². The summed E-state index contributed by atoms with van der Waals surface area (Å²) in [6.07, 6.45) is -1.07. The number of methoxy groups -OCH3 is 1. The number of aryl methyl sites for hydroxylation is 2. The molecule has 180 valence electrons. The zero-order valence-electron chi connectivity index (χ0n) is 20.8. The summed E-state index contributed by atoms with van der Waals surface area (Å²) in [6.45, 7) is 11.3. The van der Waals surface area contributed by atoms with E-state index < -0.39 is 17.7 Å². The molecule has 6 heteroatoms. The second kappa shape index (κ2) is 10.3. The van der Waals surface area contributed by atoms with Crippen molar-refractivity contribution < 1.29 is 19.4 Å². The van der Waals surface area contributed by atoms with E-state index in [1.165, 1.54) is 12.7 Å². The molecule has 0 aliphatic heterocycles.